The number of fused-ring (bicyclic) bond motifs is 7. The predicted octanol–water partition coefficient (Wildman–Crippen LogP) is 5.40. The molecule has 1 unspecified atom stereocenters. The topological polar surface area (TPSA) is 71.8 Å². The van der Waals surface area contributed by atoms with Gasteiger partial charge in [0, 0.05) is 42.0 Å². The number of nitrogens with zero attached hydrogens (tertiary/aromatic N) is 2. The van der Waals surface area contributed by atoms with Crippen molar-refractivity contribution in [3.63, 3.8) is 0 Å². The van der Waals surface area contributed by atoms with Crippen molar-refractivity contribution in [1.29, 1.82) is 0 Å². The molecule has 2 aliphatic carbocycles. The molecule has 2 aliphatic heterocycles. The van der Waals surface area contributed by atoms with Crippen LogP contribution >= 0.6 is 0 Å². The van der Waals surface area contributed by atoms with Gasteiger partial charge in [-0.2, -0.15) is 0 Å². The molecule has 2 saturated carbocycles. The van der Waals surface area contributed by atoms with Gasteiger partial charge in [-0.3, -0.25) is 4.79 Å². The van der Waals surface area contributed by atoms with Gasteiger partial charge < -0.3 is 19.3 Å². The van der Waals surface area contributed by atoms with E-state index in [9.17, 15) is 14.7 Å². The molecule has 0 bridgehead atoms. The highest BCUT2D eigenvalue weighted by molar-refractivity contribution is 5.99. The maximum absolute atomic E-state index is 14.1. The quantitative estimate of drug-likeness (QED) is 0.540. The minimum Gasteiger partial charge on any atom is -0.478 e. The summed E-state index contributed by atoms with van der Waals surface area (Å²) in [6, 6.07) is 14.2. The van der Waals surface area contributed by atoms with Crippen LogP contribution in [0, 0.1) is 5.41 Å². The Kier molecular flexibility index (Phi) is 5.04. The van der Waals surface area contributed by atoms with Crippen LogP contribution in [0.5, 0.6) is 0 Å². The Bertz CT molecular complexity index is 1380. The molecule has 3 aromatic rings. The largest absolute Gasteiger partial charge is 0.478 e. The van der Waals surface area contributed by atoms with Crippen LogP contribution in [0.3, 0.4) is 0 Å². The second-order valence-electron chi connectivity index (χ2n) is 11.1. The lowest BCUT2D eigenvalue weighted by molar-refractivity contribution is -0.141. The number of morpholine rings is 1. The summed E-state index contributed by atoms with van der Waals surface area (Å²) in [4.78, 5) is 28.0. The highest BCUT2D eigenvalue weighted by atomic mass is 16.5. The van der Waals surface area contributed by atoms with Crippen molar-refractivity contribution in [1.82, 2.24) is 9.47 Å². The van der Waals surface area contributed by atoms with E-state index in [1.165, 1.54) is 41.6 Å². The third kappa shape index (κ3) is 3.20. The van der Waals surface area contributed by atoms with Gasteiger partial charge in [-0.05, 0) is 48.4 Å². The molecule has 2 aromatic carbocycles. The average molecular weight is 485 g/mol. The number of aromatic carboxylic acids is 1. The van der Waals surface area contributed by atoms with Crippen LogP contribution in [-0.4, -0.2) is 52.8 Å². The van der Waals surface area contributed by atoms with E-state index < -0.39 is 11.4 Å². The molecule has 1 amide bonds. The molecule has 3 fully saturated rings. The highest BCUT2D eigenvalue weighted by Gasteiger charge is 2.63. The van der Waals surface area contributed by atoms with Crippen molar-refractivity contribution >= 4 is 22.8 Å². The van der Waals surface area contributed by atoms with Crippen molar-refractivity contribution in [2.45, 2.75) is 56.9 Å². The van der Waals surface area contributed by atoms with E-state index in [0.29, 0.717) is 44.3 Å². The highest BCUT2D eigenvalue weighted by Crippen LogP contribution is 2.65. The standard InChI is InChI=1S/C30H32N2O4/c33-28(34)20-10-11-23-25(16-20)32-18-30(29(35)31-12-14-36-15-13-31)17-24(30)21-8-4-5-9-22(21)27(32)26(23)19-6-2-1-3-7-19/h4-5,8-11,16,19,24H,1-3,6-7,12-15,17-18H2,(H,33,34)/t24-,30?/m0/s1. The number of carbonyl (C=O) groups excluding carboxylic acids is 1. The van der Waals surface area contributed by atoms with Crippen LogP contribution in [0.1, 0.15) is 71.8 Å². The fourth-order valence-corrected chi connectivity index (χ4v) is 7.34. The Morgan fingerprint density at radius 3 is 2.56 bits per heavy atom. The number of ether oxygens (including phenoxy) is 1. The average Bonchev–Trinajstić information content (AvgIpc) is 3.59. The summed E-state index contributed by atoms with van der Waals surface area (Å²) in [6.07, 6.45) is 6.91. The zero-order chi connectivity index (χ0) is 24.4. The van der Waals surface area contributed by atoms with E-state index in [1.54, 1.807) is 6.07 Å². The number of hydrogen-bond donors (Lipinski definition) is 1. The molecule has 186 valence electrons. The first-order valence-electron chi connectivity index (χ1n) is 13.4. The molecule has 36 heavy (non-hydrogen) atoms. The van der Waals surface area contributed by atoms with Gasteiger partial charge in [0.25, 0.3) is 0 Å². The smallest absolute Gasteiger partial charge is 0.335 e. The number of benzene rings is 2. The Balaban J connectivity index is 1.47. The van der Waals surface area contributed by atoms with Crippen LogP contribution in [-0.2, 0) is 16.1 Å². The van der Waals surface area contributed by atoms with Crippen LogP contribution in [0.4, 0.5) is 0 Å². The normalized spacial score (nSPS) is 25.6. The first-order valence-corrected chi connectivity index (χ1v) is 13.4. The van der Waals surface area contributed by atoms with E-state index >= 15 is 0 Å². The van der Waals surface area contributed by atoms with Crippen LogP contribution in [0.25, 0.3) is 22.2 Å². The molecule has 1 saturated heterocycles. The minimum absolute atomic E-state index is 0.195. The summed E-state index contributed by atoms with van der Waals surface area (Å²) in [7, 11) is 0. The van der Waals surface area contributed by atoms with Gasteiger partial charge in [0.2, 0.25) is 5.91 Å². The number of hydrogen-bond acceptors (Lipinski definition) is 3. The summed E-state index contributed by atoms with van der Waals surface area (Å²) in [5.74, 6) is -0.0274. The minimum atomic E-state index is -0.913. The number of carbonyl (C=O) groups is 2. The van der Waals surface area contributed by atoms with Crippen LogP contribution in [0.15, 0.2) is 42.5 Å². The van der Waals surface area contributed by atoms with Gasteiger partial charge in [-0.1, -0.05) is 49.6 Å². The van der Waals surface area contributed by atoms with E-state index in [1.807, 2.05) is 17.0 Å². The molecule has 6 heteroatoms. The Morgan fingerprint density at radius 1 is 1.00 bits per heavy atom. The van der Waals surface area contributed by atoms with E-state index in [4.69, 9.17) is 4.74 Å². The Morgan fingerprint density at radius 2 is 1.78 bits per heavy atom. The second-order valence-corrected chi connectivity index (χ2v) is 11.1. The molecular weight excluding hydrogens is 452 g/mol. The zero-order valence-electron chi connectivity index (χ0n) is 20.5. The van der Waals surface area contributed by atoms with Gasteiger partial charge in [-0.15, -0.1) is 0 Å². The summed E-state index contributed by atoms with van der Waals surface area (Å²) >= 11 is 0. The SMILES string of the molecule is O=C(O)c1ccc2c(C3CCCCC3)c3n(c2c1)CC1(C(=O)N2CCOCC2)C[C@H]1c1ccccc1-3. The molecule has 2 atom stereocenters. The molecule has 1 N–H and O–H groups in total. The van der Waals surface area contributed by atoms with Crippen LogP contribution in [0.2, 0.25) is 0 Å². The van der Waals surface area contributed by atoms with E-state index in [0.717, 1.165) is 30.2 Å². The third-order valence-corrected chi connectivity index (χ3v) is 9.20. The van der Waals surface area contributed by atoms with E-state index in [-0.39, 0.29) is 11.8 Å². The fraction of sp³-hybridized carbons (Fsp3) is 0.467. The number of carboxylic acids is 1. The van der Waals surface area contributed by atoms with Crippen molar-refractivity contribution in [3.05, 3.63) is 59.2 Å². The summed E-state index contributed by atoms with van der Waals surface area (Å²) < 4.78 is 7.86. The number of rotatable bonds is 3. The van der Waals surface area contributed by atoms with Crippen molar-refractivity contribution < 1.29 is 19.4 Å². The molecular formula is C30H32N2O4. The van der Waals surface area contributed by atoms with Crippen molar-refractivity contribution in [2.75, 3.05) is 26.3 Å². The van der Waals surface area contributed by atoms with Gasteiger partial charge in [0.1, 0.15) is 0 Å². The molecule has 4 aliphatic rings. The molecule has 0 radical (unpaired) electrons. The first-order chi connectivity index (χ1) is 17.6. The van der Waals surface area contributed by atoms with Gasteiger partial charge in [0.05, 0.1) is 29.9 Å². The number of carboxylic acid groups (broad SMARTS) is 1. The van der Waals surface area contributed by atoms with Gasteiger partial charge in [0.15, 0.2) is 0 Å². The lowest BCUT2D eigenvalue weighted by Gasteiger charge is -2.31. The molecule has 7 rings (SSSR count). The molecule has 0 spiro atoms. The number of aromatic nitrogens is 1. The monoisotopic (exact) mass is 484 g/mol. The lowest BCUT2D eigenvalue weighted by atomic mass is 9.81. The number of amides is 1. The second kappa shape index (κ2) is 8.20. The maximum atomic E-state index is 14.1. The molecule has 6 nitrogen and oxygen atoms in total. The van der Waals surface area contributed by atoms with Gasteiger partial charge >= 0.3 is 5.97 Å². The zero-order valence-corrected chi connectivity index (χ0v) is 20.5. The fourth-order valence-electron chi connectivity index (χ4n) is 7.34. The Hall–Kier alpha value is -3.12. The van der Waals surface area contributed by atoms with Gasteiger partial charge in [-0.25, -0.2) is 4.79 Å². The summed E-state index contributed by atoms with van der Waals surface area (Å²) in [6.45, 7) is 3.07. The summed E-state index contributed by atoms with van der Waals surface area (Å²) in [5, 5.41) is 11.0. The third-order valence-electron chi connectivity index (χ3n) is 9.20. The van der Waals surface area contributed by atoms with Crippen molar-refractivity contribution in [3.8, 4) is 11.3 Å². The lowest BCUT2D eigenvalue weighted by Crippen LogP contribution is -2.45. The maximum Gasteiger partial charge on any atom is 0.335 e. The summed E-state index contributed by atoms with van der Waals surface area (Å²) in [5.41, 5.74) is 5.87. The Labute approximate surface area is 210 Å². The van der Waals surface area contributed by atoms with E-state index in [2.05, 4.69) is 28.8 Å². The van der Waals surface area contributed by atoms with Crippen molar-refractivity contribution in [2.24, 2.45) is 5.41 Å². The predicted molar refractivity (Wildman–Crippen MR) is 137 cm³/mol. The first kappa shape index (κ1) is 22.1. The van der Waals surface area contributed by atoms with Crippen LogP contribution < -0.4 is 0 Å². The molecule has 1 aromatic heterocycles. The molecule has 3 heterocycles.